The van der Waals surface area contributed by atoms with Gasteiger partial charge in [-0.2, -0.15) is 0 Å². The lowest BCUT2D eigenvalue weighted by Crippen LogP contribution is -1.99. The van der Waals surface area contributed by atoms with Crippen LogP contribution in [0.1, 0.15) is 6.92 Å². The van der Waals surface area contributed by atoms with Gasteiger partial charge in [-0.3, -0.25) is 0 Å². The molecule has 5 rings (SSSR count). The van der Waals surface area contributed by atoms with Crippen molar-refractivity contribution in [2.24, 2.45) is 0 Å². The molecule has 0 spiro atoms. The highest BCUT2D eigenvalue weighted by Crippen LogP contribution is 2.36. The van der Waals surface area contributed by atoms with Crippen molar-refractivity contribution in [2.75, 3.05) is 26.1 Å². The SMILES string of the molecule is CCOc1cccc2[nH]c(-c3cc(Nc4ncnc5c(OC)cc(OC)cc45)ccc3Cl)nc12. The monoisotopic (exact) mass is 475 g/mol. The summed E-state index contributed by atoms with van der Waals surface area (Å²) in [6.45, 7) is 2.50. The number of nitrogens with zero attached hydrogens (tertiary/aromatic N) is 3. The molecule has 0 aliphatic carbocycles. The third-order valence-electron chi connectivity index (χ3n) is 5.39. The van der Waals surface area contributed by atoms with Gasteiger partial charge in [0, 0.05) is 17.3 Å². The number of aromatic nitrogens is 4. The molecule has 0 saturated heterocycles. The van der Waals surface area contributed by atoms with Crippen molar-refractivity contribution in [2.45, 2.75) is 6.92 Å². The van der Waals surface area contributed by atoms with Crippen molar-refractivity contribution in [1.82, 2.24) is 19.9 Å². The van der Waals surface area contributed by atoms with Crippen LogP contribution < -0.4 is 19.5 Å². The fraction of sp³-hybridized carbons (Fsp3) is 0.160. The highest BCUT2D eigenvalue weighted by atomic mass is 35.5. The molecule has 0 saturated carbocycles. The van der Waals surface area contributed by atoms with E-state index in [-0.39, 0.29) is 0 Å². The van der Waals surface area contributed by atoms with Crippen LogP contribution in [0, 0.1) is 0 Å². The molecule has 9 heteroatoms. The predicted octanol–water partition coefficient (Wildman–Crippen LogP) is 5.99. The molecule has 0 radical (unpaired) electrons. The number of hydrogen-bond acceptors (Lipinski definition) is 7. The first-order chi connectivity index (χ1) is 16.6. The Bertz CT molecular complexity index is 1500. The summed E-state index contributed by atoms with van der Waals surface area (Å²) >= 11 is 6.56. The van der Waals surface area contributed by atoms with Gasteiger partial charge in [0.2, 0.25) is 0 Å². The number of hydrogen-bond donors (Lipinski definition) is 2. The Kier molecular flexibility index (Phi) is 5.81. The van der Waals surface area contributed by atoms with Crippen molar-refractivity contribution >= 4 is 45.0 Å². The van der Waals surface area contributed by atoms with E-state index in [0.717, 1.165) is 33.4 Å². The number of methoxy groups -OCH3 is 2. The van der Waals surface area contributed by atoms with Crippen LogP contribution in [0.25, 0.3) is 33.3 Å². The lowest BCUT2D eigenvalue weighted by molar-refractivity contribution is 0.344. The Labute approximate surface area is 200 Å². The van der Waals surface area contributed by atoms with Gasteiger partial charge in [-0.1, -0.05) is 17.7 Å². The van der Waals surface area contributed by atoms with Crippen LogP contribution >= 0.6 is 11.6 Å². The Morgan fingerprint density at radius 3 is 2.65 bits per heavy atom. The Morgan fingerprint density at radius 2 is 1.85 bits per heavy atom. The van der Waals surface area contributed by atoms with Crippen LogP contribution in [0.2, 0.25) is 5.02 Å². The minimum atomic E-state index is 0.559. The quantitative estimate of drug-likeness (QED) is 0.298. The molecule has 0 aliphatic heterocycles. The molecule has 8 nitrogen and oxygen atoms in total. The van der Waals surface area contributed by atoms with E-state index in [1.807, 2.05) is 49.4 Å². The molecule has 172 valence electrons. The number of para-hydroxylation sites is 1. The Morgan fingerprint density at radius 1 is 0.971 bits per heavy atom. The number of fused-ring (bicyclic) bond motifs is 2. The molecule has 0 fully saturated rings. The molecule has 0 aliphatic rings. The third kappa shape index (κ3) is 3.92. The molecular formula is C25H22ClN5O3. The van der Waals surface area contributed by atoms with Crippen LogP contribution in [0.4, 0.5) is 11.5 Å². The molecule has 34 heavy (non-hydrogen) atoms. The number of halogens is 1. The molecule has 3 aromatic carbocycles. The maximum Gasteiger partial charge on any atom is 0.148 e. The summed E-state index contributed by atoms with van der Waals surface area (Å²) in [5, 5.41) is 4.70. The van der Waals surface area contributed by atoms with E-state index in [1.54, 1.807) is 20.3 Å². The zero-order chi connectivity index (χ0) is 23.7. The topological polar surface area (TPSA) is 94.2 Å². The number of ether oxygens (including phenoxy) is 3. The van der Waals surface area contributed by atoms with Crippen LogP contribution in [0.5, 0.6) is 17.2 Å². The predicted molar refractivity (Wildman–Crippen MR) is 134 cm³/mol. The van der Waals surface area contributed by atoms with E-state index >= 15 is 0 Å². The molecule has 0 unspecified atom stereocenters. The maximum absolute atomic E-state index is 6.56. The van der Waals surface area contributed by atoms with Crippen LogP contribution in [0.15, 0.2) is 54.9 Å². The summed E-state index contributed by atoms with van der Waals surface area (Å²) in [5.41, 5.74) is 3.84. The molecule has 5 aromatic rings. The van der Waals surface area contributed by atoms with Gasteiger partial charge in [0.25, 0.3) is 0 Å². The van der Waals surface area contributed by atoms with Crippen LogP contribution in [-0.4, -0.2) is 40.8 Å². The van der Waals surface area contributed by atoms with Gasteiger partial charge in [-0.05, 0) is 43.3 Å². The van der Waals surface area contributed by atoms with E-state index in [2.05, 4.69) is 20.3 Å². The largest absolute Gasteiger partial charge is 0.497 e. The number of anilines is 2. The molecule has 0 bridgehead atoms. The highest BCUT2D eigenvalue weighted by molar-refractivity contribution is 6.33. The number of aromatic amines is 1. The molecular weight excluding hydrogens is 454 g/mol. The first-order valence-corrected chi connectivity index (χ1v) is 11.0. The van der Waals surface area contributed by atoms with Crippen LogP contribution in [0.3, 0.4) is 0 Å². The van der Waals surface area contributed by atoms with Crippen molar-refractivity contribution in [3.63, 3.8) is 0 Å². The number of imidazole rings is 1. The van der Waals surface area contributed by atoms with Gasteiger partial charge >= 0.3 is 0 Å². The fourth-order valence-corrected chi connectivity index (χ4v) is 4.02. The van der Waals surface area contributed by atoms with E-state index < -0.39 is 0 Å². The number of H-pyrrole nitrogens is 1. The summed E-state index contributed by atoms with van der Waals surface area (Å²) in [4.78, 5) is 16.9. The summed E-state index contributed by atoms with van der Waals surface area (Å²) in [7, 11) is 3.20. The average Bonchev–Trinajstić information content (AvgIpc) is 3.30. The van der Waals surface area contributed by atoms with Crippen molar-refractivity contribution < 1.29 is 14.2 Å². The second-order valence-electron chi connectivity index (χ2n) is 7.44. The number of benzene rings is 3. The van der Waals surface area contributed by atoms with E-state index in [9.17, 15) is 0 Å². The van der Waals surface area contributed by atoms with Crippen molar-refractivity contribution in [3.8, 4) is 28.6 Å². The molecule has 0 amide bonds. The average molecular weight is 476 g/mol. The first kappa shape index (κ1) is 21.8. The minimum absolute atomic E-state index is 0.559. The van der Waals surface area contributed by atoms with Gasteiger partial charge in [-0.15, -0.1) is 0 Å². The normalized spacial score (nSPS) is 11.1. The van der Waals surface area contributed by atoms with Gasteiger partial charge in [0.15, 0.2) is 0 Å². The summed E-state index contributed by atoms with van der Waals surface area (Å²) < 4.78 is 16.6. The van der Waals surface area contributed by atoms with Gasteiger partial charge in [-0.25, -0.2) is 15.0 Å². The first-order valence-electron chi connectivity index (χ1n) is 10.7. The zero-order valence-electron chi connectivity index (χ0n) is 18.8. The maximum atomic E-state index is 6.56. The Balaban J connectivity index is 1.56. The summed E-state index contributed by atoms with van der Waals surface area (Å²) in [5.74, 6) is 3.23. The second-order valence-corrected chi connectivity index (χ2v) is 7.85. The molecule has 2 N–H and O–H groups in total. The summed E-state index contributed by atoms with van der Waals surface area (Å²) in [6, 6.07) is 15.1. The fourth-order valence-electron chi connectivity index (χ4n) is 3.81. The second kappa shape index (κ2) is 9.07. The van der Waals surface area contributed by atoms with Gasteiger partial charge < -0.3 is 24.5 Å². The van der Waals surface area contributed by atoms with Crippen molar-refractivity contribution in [3.05, 3.63) is 59.9 Å². The number of rotatable bonds is 7. The van der Waals surface area contributed by atoms with Gasteiger partial charge in [0.1, 0.15) is 46.3 Å². The standard InChI is InChI=1S/C25H22ClN5O3/c1-4-34-20-7-5-6-19-23(20)31-25(30-19)16-10-14(8-9-18(16)26)29-24-17-11-15(32-2)12-21(33-3)22(17)27-13-28-24/h5-13H,4H2,1-3H3,(H,30,31)(H,27,28,29). The van der Waals surface area contributed by atoms with E-state index in [4.69, 9.17) is 30.8 Å². The highest BCUT2D eigenvalue weighted by Gasteiger charge is 2.15. The smallest absolute Gasteiger partial charge is 0.148 e. The third-order valence-corrected chi connectivity index (χ3v) is 5.72. The van der Waals surface area contributed by atoms with E-state index in [0.29, 0.717) is 40.3 Å². The molecule has 0 atom stereocenters. The Hall–Kier alpha value is -4.04. The van der Waals surface area contributed by atoms with Crippen LogP contribution in [-0.2, 0) is 0 Å². The minimum Gasteiger partial charge on any atom is -0.497 e. The molecule has 2 aromatic heterocycles. The number of nitrogens with one attached hydrogen (secondary N) is 2. The lowest BCUT2D eigenvalue weighted by Gasteiger charge is -2.13. The zero-order valence-corrected chi connectivity index (χ0v) is 19.6. The summed E-state index contributed by atoms with van der Waals surface area (Å²) in [6.07, 6.45) is 1.49. The van der Waals surface area contributed by atoms with E-state index in [1.165, 1.54) is 6.33 Å². The van der Waals surface area contributed by atoms with Gasteiger partial charge in [0.05, 0.1) is 36.8 Å². The lowest BCUT2D eigenvalue weighted by atomic mass is 10.1. The molecule has 2 heterocycles. The van der Waals surface area contributed by atoms with Crippen molar-refractivity contribution in [1.29, 1.82) is 0 Å².